The number of carbonyl (C=O) groups is 1. The highest BCUT2D eigenvalue weighted by Gasteiger charge is 2.15. The summed E-state index contributed by atoms with van der Waals surface area (Å²) in [7, 11) is 0. The molecule has 0 saturated heterocycles. The fraction of sp³-hybridized carbons (Fsp3) is 0.583. The quantitative estimate of drug-likeness (QED) is 0.642. The summed E-state index contributed by atoms with van der Waals surface area (Å²) in [5.74, 6) is 0.664. The molecule has 0 aliphatic carbocycles. The normalized spacial score (nSPS) is 10.9. The van der Waals surface area contributed by atoms with E-state index in [2.05, 4.69) is 20.6 Å². The molecule has 19 heavy (non-hydrogen) atoms. The van der Waals surface area contributed by atoms with Crippen molar-refractivity contribution < 1.29 is 9.53 Å². The average Bonchev–Trinajstić information content (AvgIpc) is 2.26. The minimum absolute atomic E-state index is 0.205. The lowest BCUT2D eigenvalue weighted by atomic mass is 10.2. The summed E-state index contributed by atoms with van der Waals surface area (Å²) < 4.78 is 5.11. The summed E-state index contributed by atoms with van der Waals surface area (Å²) in [6.07, 6.45) is 1.93. The summed E-state index contributed by atoms with van der Waals surface area (Å²) in [5, 5.41) is 5.96. The van der Waals surface area contributed by atoms with Gasteiger partial charge in [-0.25, -0.2) is 14.8 Å². The van der Waals surface area contributed by atoms with Crippen LogP contribution in [0.5, 0.6) is 0 Å². The van der Waals surface area contributed by atoms with Crippen LogP contribution in [0.1, 0.15) is 27.2 Å². The number of hydrogen-bond donors (Lipinski definition) is 2. The first-order valence-corrected chi connectivity index (χ1v) is 6.44. The van der Waals surface area contributed by atoms with Crippen LogP contribution < -0.4 is 10.6 Å². The summed E-state index contributed by atoms with van der Waals surface area (Å²) in [6, 6.07) is 1.73. The number of halogens is 1. The van der Waals surface area contributed by atoms with Gasteiger partial charge in [0, 0.05) is 19.3 Å². The SMILES string of the molecule is CC(C)(C)OC(=O)NCCCNc1ccnc(Cl)n1. The molecule has 0 fully saturated rings. The van der Waals surface area contributed by atoms with Crippen molar-refractivity contribution >= 4 is 23.5 Å². The molecule has 0 bridgehead atoms. The van der Waals surface area contributed by atoms with Crippen LogP contribution in [-0.4, -0.2) is 34.8 Å². The second-order valence-corrected chi connectivity index (χ2v) is 5.26. The largest absolute Gasteiger partial charge is 0.444 e. The minimum Gasteiger partial charge on any atom is -0.444 e. The topological polar surface area (TPSA) is 76.1 Å². The fourth-order valence-electron chi connectivity index (χ4n) is 1.24. The summed E-state index contributed by atoms with van der Waals surface area (Å²) >= 11 is 5.65. The Morgan fingerprint density at radius 2 is 2.16 bits per heavy atom. The van der Waals surface area contributed by atoms with Crippen molar-refractivity contribution in [3.05, 3.63) is 17.5 Å². The van der Waals surface area contributed by atoms with E-state index >= 15 is 0 Å². The fourth-order valence-corrected chi connectivity index (χ4v) is 1.39. The number of alkyl carbamates (subject to hydrolysis) is 1. The number of ether oxygens (including phenoxy) is 1. The maximum atomic E-state index is 11.3. The summed E-state index contributed by atoms with van der Waals surface area (Å²) in [6.45, 7) is 6.68. The van der Waals surface area contributed by atoms with E-state index in [0.29, 0.717) is 18.9 Å². The molecule has 6 nitrogen and oxygen atoms in total. The van der Waals surface area contributed by atoms with Crippen LogP contribution in [0.3, 0.4) is 0 Å². The molecule has 0 spiro atoms. The maximum Gasteiger partial charge on any atom is 0.407 e. The lowest BCUT2D eigenvalue weighted by Crippen LogP contribution is -2.33. The van der Waals surface area contributed by atoms with Gasteiger partial charge in [-0.15, -0.1) is 0 Å². The highest BCUT2D eigenvalue weighted by molar-refractivity contribution is 6.28. The minimum atomic E-state index is -0.472. The number of amides is 1. The first-order chi connectivity index (χ1) is 8.87. The van der Waals surface area contributed by atoms with E-state index in [4.69, 9.17) is 16.3 Å². The Bertz CT molecular complexity index is 420. The molecule has 7 heteroatoms. The van der Waals surface area contributed by atoms with Gasteiger partial charge in [-0.05, 0) is 44.9 Å². The van der Waals surface area contributed by atoms with Crippen LogP contribution in [0.4, 0.5) is 10.6 Å². The number of nitrogens with one attached hydrogen (secondary N) is 2. The molecule has 0 unspecified atom stereocenters. The third kappa shape index (κ3) is 7.46. The van der Waals surface area contributed by atoms with E-state index in [1.165, 1.54) is 0 Å². The third-order valence-electron chi connectivity index (χ3n) is 1.95. The molecule has 0 atom stereocenters. The maximum absolute atomic E-state index is 11.3. The number of aromatic nitrogens is 2. The molecule has 0 saturated carbocycles. The monoisotopic (exact) mass is 286 g/mol. The Labute approximate surface area is 117 Å². The van der Waals surface area contributed by atoms with E-state index in [9.17, 15) is 4.79 Å². The Hall–Kier alpha value is -1.56. The van der Waals surface area contributed by atoms with Crippen molar-refractivity contribution in [2.75, 3.05) is 18.4 Å². The zero-order valence-electron chi connectivity index (χ0n) is 11.4. The van der Waals surface area contributed by atoms with E-state index < -0.39 is 11.7 Å². The van der Waals surface area contributed by atoms with Crippen molar-refractivity contribution in [1.29, 1.82) is 0 Å². The molecule has 0 aliphatic heterocycles. The highest BCUT2D eigenvalue weighted by atomic mass is 35.5. The van der Waals surface area contributed by atoms with Gasteiger partial charge >= 0.3 is 6.09 Å². The summed E-state index contributed by atoms with van der Waals surface area (Å²) in [4.78, 5) is 19.1. The second kappa shape index (κ2) is 7.13. The van der Waals surface area contributed by atoms with E-state index in [0.717, 1.165) is 6.42 Å². The molecular formula is C12H19ClN4O2. The smallest absolute Gasteiger partial charge is 0.407 e. The number of hydrogen-bond acceptors (Lipinski definition) is 5. The van der Waals surface area contributed by atoms with E-state index in [-0.39, 0.29) is 5.28 Å². The van der Waals surface area contributed by atoms with Gasteiger partial charge in [0.15, 0.2) is 0 Å². The van der Waals surface area contributed by atoms with Gasteiger partial charge in [0.05, 0.1) is 0 Å². The first-order valence-electron chi connectivity index (χ1n) is 6.06. The molecular weight excluding hydrogens is 268 g/mol. The molecule has 1 heterocycles. The van der Waals surface area contributed by atoms with E-state index in [1.54, 1.807) is 12.3 Å². The van der Waals surface area contributed by atoms with E-state index in [1.807, 2.05) is 20.8 Å². The van der Waals surface area contributed by atoms with Crippen molar-refractivity contribution in [1.82, 2.24) is 15.3 Å². The predicted octanol–water partition coefficient (Wildman–Crippen LogP) is 2.46. The zero-order chi connectivity index (χ0) is 14.3. The predicted molar refractivity (Wildman–Crippen MR) is 74.4 cm³/mol. The number of carbonyl (C=O) groups excluding carboxylic acids is 1. The highest BCUT2D eigenvalue weighted by Crippen LogP contribution is 2.07. The molecule has 0 aliphatic rings. The Morgan fingerprint density at radius 3 is 2.79 bits per heavy atom. The van der Waals surface area contributed by atoms with Crippen LogP contribution in [0.25, 0.3) is 0 Å². The van der Waals surface area contributed by atoms with Crippen LogP contribution in [0.2, 0.25) is 5.28 Å². The van der Waals surface area contributed by atoms with Gasteiger partial charge in [0.2, 0.25) is 5.28 Å². The lowest BCUT2D eigenvalue weighted by Gasteiger charge is -2.19. The number of rotatable bonds is 5. The average molecular weight is 287 g/mol. The van der Waals surface area contributed by atoms with Gasteiger partial charge in [-0.3, -0.25) is 0 Å². The number of nitrogens with zero attached hydrogens (tertiary/aromatic N) is 2. The molecule has 106 valence electrons. The van der Waals surface area contributed by atoms with Gasteiger partial charge in [0.25, 0.3) is 0 Å². The molecule has 1 aromatic heterocycles. The standard InChI is InChI=1S/C12H19ClN4O2/c1-12(2,3)19-11(18)16-7-4-6-14-9-5-8-15-10(13)17-9/h5,8H,4,6-7H2,1-3H3,(H,16,18)(H,14,15,17). The van der Waals surface area contributed by atoms with Crippen LogP contribution >= 0.6 is 11.6 Å². The van der Waals surface area contributed by atoms with Crippen molar-refractivity contribution in [2.24, 2.45) is 0 Å². The first kappa shape index (κ1) is 15.5. The Balaban J connectivity index is 2.13. The zero-order valence-corrected chi connectivity index (χ0v) is 12.1. The molecule has 1 aromatic rings. The van der Waals surface area contributed by atoms with Gasteiger partial charge in [-0.2, -0.15) is 0 Å². The molecule has 0 radical (unpaired) electrons. The Kier molecular flexibility index (Phi) is 5.82. The van der Waals surface area contributed by atoms with Crippen LogP contribution in [0.15, 0.2) is 12.3 Å². The molecule has 1 rings (SSSR count). The van der Waals surface area contributed by atoms with Crippen molar-refractivity contribution in [3.8, 4) is 0 Å². The second-order valence-electron chi connectivity index (χ2n) is 4.92. The van der Waals surface area contributed by atoms with Crippen LogP contribution in [0, 0.1) is 0 Å². The number of anilines is 1. The lowest BCUT2D eigenvalue weighted by molar-refractivity contribution is 0.0528. The van der Waals surface area contributed by atoms with Gasteiger partial charge in [-0.1, -0.05) is 0 Å². The van der Waals surface area contributed by atoms with Gasteiger partial charge < -0.3 is 15.4 Å². The Morgan fingerprint density at radius 1 is 1.42 bits per heavy atom. The van der Waals surface area contributed by atoms with Crippen molar-refractivity contribution in [2.45, 2.75) is 32.8 Å². The van der Waals surface area contributed by atoms with Crippen molar-refractivity contribution in [3.63, 3.8) is 0 Å². The molecule has 0 aromatic carbocycles. The summed E-state index contributed by atoms with van der Waals surface area (Å²) in [5.41, 5.74) is -0.472. The third-order valence-corrected chi connectivity index (χ3v) is 2.14. The molecule has 1 amide bonds. The molecule has 2 N–H and O–H groups in total. The van der Waals surface area contributed by atoms with Crippen LogP contribution in [-0.2, 0) is 4.74 Å². The van der Waals surface area contributed by atoms with Gasteiger partial charge in [0.1, 0.15) is 11.4 Å².